The van der Waals surface area contributed by atoms with Crippen LogP contribution in [0.1, 0.15) is 24.2 Å². The highest BCUT2D eigenvalue weighted by molar-refractivity contribution is 5.96. The fourth-order valence-corrected chi connectivity index (χ4v) is 2.10. The Balaban J connectivity index is 2.33. The summed E-state index contributed by atoms with van der Waals surface area (Å²) in [6.45, 7) is 4.29. The Labute approximate surface area is 127 Å². The number of carbonyl (C=O) groups excluding carboxylic acids is 2. The predicted octanol–water partition coefficient (Wildman–Crippen LogP) is 0.293. The van der Waals surface area contributed by atoms with Crippen LogP contribution in [0.3, 0.4) is 0 Å². The van der Waals surface area contributed by atoms with Crippen molar-refractivity contribution in [1.82, 2.24) is 19.6 Å². The molecule has 2 heterocycles. The third-order valence-electron chi connectivity index (χ3n) is 3.22. The van der Waals surface area contributed by atoms with E-state index in [-0.39, 0.29) is 18.0 Å². The molecule has 2 amide bonds. The molecular formula is C15H18N4O3. The average molecular weight is 302 g/mol. The Morgan fingerprint density at radius 3 is 2.77 bits per heavy atom. The van der Waals surface area contributed by atoms with Crippen molar-refractivity contribution < 1.29 is 9.59 Å². The molecule has 0 saturated heterocycles. The van der Waals surface area contributed by atoms with Crippen molar-refractivity contribution in [1.29, 1.82) is 0 Å². The highest BCUT2D eigenvalue weighted by atomic mass is 16.2. The SMILES string of the molecule is CCNC(=O)CN(CC)C(=O)c1cnc2ccccn2c1=O. The molecule has 116 valence electrons. The lowest BCUT2D eigenvalue weighted by molar-refractivity contribution is -0.121. The molecule has 7 heteroatoms. The van der Waals surface area contributed by atoms with Crippen LogP contribution in [0.15, 0.2) is 35.4 Å². The van der Waals surface area contributed by atoms with Crippen molar-refractivity contribution in [2.24, 2.45) is 0 Å². The van der Waals surface area contributed by atoms with Crippen molar-refractivity contribution >= 4 is 17.5 Å². The molecule has 22 heavy (non-hydrogen) atoms. The number of likely N-dealkylation sites (N-methyl/N-ethyl adjacent to an activating group) is 2. The molecule has 0 saturated carbocycles. The number of hydrogen-bond acceptors (Lipinski definition) is 4. The van der Waals surface area contributed by atoms with E-state index in [4.69, 9.17) is 0 Å². The first kappa shape index (κ1) is 15.7. The molecule has 0 aliphatic rings. The number of pyridine rings is 1. The number of rotatable bonds is 5. The van der Waals surface area contributed by atoms with Crippen molar-refractivity contribution in [2.45, 2.75) is 13.8 Å². The topological polar surface area (TPSA) is 83.8 Å². The zero-order valence-corrected chi connectivity index (χ0v) is 12.6. The summed E-state index contributed by atoms with van der Waals surface area (Å²) in [5.41, 5.74) is -0.0179. The molecule has 0 aromatic carbocycles. The van der Waals surface area contributed by atoms with Gasteiger partial charge in [0.2, 0.25) is 5.91 Å². The summed E-state index contributed by atoms with van der Waals surface area (Å²) in [4.78, 5) is 41.9. The second kappa shape index (κ2) is 6.84. The quantitative estimate of drug-likeness (QED) is 0.860. The maximum absolute atomic E-state index is 12.5. The maximum Gasteiger partial charge on any atom is 0.270 e. The predicted molar refractivity (Wildman–Crippen MR) is 81.7 cm³/mol. The minimum absolute atomic E-state index is 0.0464. The first-order valence-corrected chi connectivity index (χ1v) is 7.10. The minimum atomic E-state index is -0.496. The third-order valence-corrected chi connectivity index (χ3v) is 3.22. The van der Waals surface area contributed by atoms with Crippen LogP contribution in [0.2, 0.25) is 0 Å². The first-order chi connectivity index (χ1) is 10.6. The lowest BCUT2D eigenvalue weighted by Gasteiger charge is -2.19. The molecular weight excluding hydrogens is 284 g/mol. The van der Waals surface area contributed by atoms with E-state index < -0.39 is 11.5 Å². The summed E-state index contributed by atoms with van der Waals surface area (Å²) in [6, 6.07) is 5.13. The van der Waals surface area contributed by atoms with Crippen LogP contribution in [0.4, 0.5) is 0 Å². The van der Waals surface area contributed by atoms with Crippen LogP contribution in [0, 0.1) is 0 Å². The van der Waals surface area contributed by atoms with Gasteiger partial charge in [-0.3, -0.25) is 18.8 Å². The van der Waals surface area contributed by atoms with Crippen LogP contribution < -0.4 is 10.9 Å². The number of carbonyl (C=O) groups is 2. The van der Waals surface area contributed by atoms with E-state index in [2.05, 4.69) is 10.3 Å². The minimum Gasteiger partial charge on any atom is -0.355 e. The largest absolute Gasteiger partial charge is 0.355 e. The van der Waals surface area contributed by atoms with Gasteiger partial charge in [0.25, 0.3) is 11.5 Å². The van der Waals surface area contributed by atoms with E-state index in [9.17, 15) is 14.4 Å². The summed E-state index contributed by atoms with van der Waals surface area (Å²) in [5, 5.41) is 2.63. The second-order valence-corrected chi connectivity index (χ2v) is 4.68. The van der Waals surface area contributed by atoms with E-state index in [1.165, 1.54) is 15.5 Å². The number of fused-ring (bicyclic) bond motifs is 1. The molecule has 0 radical (unpaired) electrons. The molecule has 0 aliphatic heterocycles. The first-order valence-electron chi connectivity index (χ1n) is 7.10. The van der Waals surface area contributed by atoms with Gasteiger partial charge in [0.1, 0.15) is 11.2 Å². The summed E-state index contributed by atoms with van der Waals surface area (Å²) in [5.74, 6) is -0.754. The molecule has 0 fully saturated rings. The summed E-state index contributed by atoms with van der Waals surface area (Å²) >= 11 is 0. The summed E-state index contributed by atoms with van der Waals surface area (Å²) in [7, 11) is 0. The molecule has 7 nitrogen and oxygen atoms in total. The normalized spacial score (nSPS) is 10.5. The molecule has 2 aromatic rings. The monoisotopic (exact) mass is 302 g/mol. The number of nitrogens with zero attached hydrogens (tertiary/aromatic N) is 3. The lowest BCUT2D eigenvalue weighted by Crippen LogP contribution is -2.42. The van der Waals surface area contributed by atoms with Crippen molar-refractivity contribution in [3.8, 4) is 0 Å². The van der Waals surface area contributed by atoms with Gasteiger partial charge in [0.05, 0.1) is 6.54 Å². The van der Waals surface area contributed by atoms with Crippen molar-refractivity contribution in [2.75, 3.05) is 19.6 Å². The fourth-order valence-electron chi connectivity index (χ4n) is 2.10. The van der Waals surface area contributed by atoms with Gasteiger partial charge in [-0.25, -0.2) is 4.98 Å². The van der Waals surface area contributed by atoms with E-state index in [1.807, 2.05) is 0 Å². The van der Waals surface area contributed by atoms with E-state index in [0.29, 0.717) is 18.7 Å². The molecule has 0 atom stereocenters. The average Bonchev–Trinajstić information content (AvgIpc) is 2.53. The Kier molecular flexibility index (Phi) is 4.88. The molecule has 1 N–H and O–H groups in total. The van der Waals surface area contributed by atoms with Crippen molar-refractivity contribution in [3.63, 3.8) is 0 Å². The van der Waals surface area contributed by atoms with Gasteiger partial charge in [0.15, 0.2) is 0 Å². The van der Waals surface area contributed by atoms with Crippen LogP contribution in [-0.2, 0) is 4.79 Å². The smallest absolute Gasteiger partial charge is 0.270 e. The molecule has 2 rings (SSSR count). The maximum atomic E-state index is 12.5. The summed E-state index contributed by atoms with van der Waals surface area (Å²) in [6.07, 6.45) is 2.82. The van der Waals surface area contributed by atoms with Gasteiger partial charge >= 0.3 is 0 Å². The number of hydrogen-bond donors (Lipinski definition) is 1. The van der Waals surface area contributed by atoms with Crippen LogP contribution in [0.25, 0.3) is 5.65 Å². The van der Waals surface area contributed by atoms with Crippen molar-refractivity contribution in [3.05, 3.63) is 46.5 Å². The molecule has 0 spiro atoms. The highest BCUT2D eigenvalue weighted by Crippen LogP contribution is 2.02. The number of aromatic nitrogens is 2. The number of amides is 2. The molecule has 2 aromatic heterocycles. The van der Waals surface area contributed by atoms with E-state index in [0.717, 1.165) is 0 Å². The van der Waals surface area contributed by atoms with Gasteiger partial charge < -0.3 is 10.2 Å². The highest BCUT2D eigenvalue weighted by Gasteiger charge is 2.21. The van der Waals surface area contributed by atoms with Gasteiger partial charge in [-0.2, -0.15) is 0 Å². The van der Waals surface area contributed by atoms with Gasteiger partial charge in [-0.05, 0) is 26.0 Å². The third kappa shape index (κ3) is 3.13. The Hall–Kier alpha value is -2.70. The number of nitrogens with one attached hydrogen (secondary N) is 1. The lowest BCUT2D eigenvalue weighted by atomic mass is 10.2. The van der Waals surface area contributed by atoms with E-state index >= 15 is 0 Å². The molecule has 0 aliphatic carbocycles. The Bertz CT molecular complexity index is 754. The second-order valence-electron chi connectivity index (χ2n) is 4.68. The Morgan fingerprint density at radius 1 is 1.32 bits per heavy atom. The standard InChI is InChI=1S/C15H18N4O3/c1-3-16-13(20)10-18(4-2)14(21)11-9-17-12-7-5-6-8-19(12)15(11)22/h5-9H,3-4,10H2,1-2H3,(H,16,20). The zero-order valence-electron chi connectivity index (χ0n) is 12.6. The van der Waals surface area contributed by atoms with Crippen LogP contribution >= 0.6 is 0 Å². The zero-order chi connectivity index (χ0) is 16.1. The van der Waals surface area contributed by atoms with Gasteiger partial charge in [0, 0.05) is 25.5 Å². The van der Waals surface area contributed by atoms with E-state index in [1.54, 1.807) is 38.2 Å². The summed E-state index contributed by atoms with van der Waals surface area (Å²) < 4.78 is 1.31. The van der Waals surface area contributed by atoms with Crippen LogP contribution in [0.5, 0.6) is 0 Å². The molecule has 0 bridgehead atoms. The van der Waals surface area contributed by atoms with Crippen LogP contribution in [-0.4, -0.2) is 45.7 Å². The van der Waals surface area contributed by atoms with Gasteiger partial charge in [-0.15, -0.1) is 0 Å². The molecule has 0 unspecified atom stereocenters. The Morgan fingerprint density at radius 2 is 2.09 bits per heavy atom. The fraction of sp³-hybridized carbons (Fsp3) is 0.333. The van der Waals surface area contributed by atoms with Gasteiger partial charge in [-0.1, -0.05) is 6.07 Å².